The second kappa shape index (κ2) is 30.5. The normalized spacial score (nSPS) is 14.3. The molecule has 122 heavy (non-hydrogen) atoms. The molecular weight excluding hydrogens is 1550 g/mol. The number of imidazole rings is 2. The number of fused-ring (bicyclic) bond motifs is 14. The van der Waals surface area contributed by atoms with Crippen LogP contribution >= 0.6 is 15.9 Å². The van der Waals surface area contributed by atoms with Gasteiger partial charge in [-0.3, -0.25) is 0 Å². The third-order valence-corrected chi connectivity index (χ3v) is 26.5. The molecule has 0 bridgehead atoms. The molecule has 1 fully saturated rings. The van der Waals surface area contributed by atoms with E-state index in [2.05, 4.69) is 449 Å². The van der Waals surface area contributed by atoms with Crippen LogP contribution in [0.2, 0.25) is 0 Å². The Bertz CT molecular complexity index is 7300. The Hall–Kier alpha value is -13.7. The van der Waals surface area contributed by atoms with Crippen LogP contribution in [0.3, 0.4) is 0 Å². The summed E-state index contributed by atoms with van der Waals surface area (Å²) in [7, 11) is -0.413. The third kappa shape index (κ3) is 12.5. The monoisotopic (exact) mass is 1640 g/mol. The van der Waals surface area contributed by atoms with Crippen molar-refractivity contribution in [1.29, 1.82) is 0 Å². The predicted molar refractivity (Wildman–Crippen MR) is 508 cm³/mol. The summed E-state index contributed by atoms with van der Waals surface area (Å²) in [5.74, 6) is 2.04. The standard InChI is InChI=1S/C53H37N3.C44H36BNO2.C15H13BrN2/c1-2-56-50-24-14-13-23-49(50)55-52(56)38-31-27-36(28-32-38)35-25-29-37(30-26-35)51-45-34-47-44(33-43(45)42-20-10-12-22-48(42)54-51)41-19-9-11-21-46(41)53(47,39-15-5-3-6-16-39)40-17-7-4-8-18-40;1-42(2)43(3,4)48-45(47-42)32-25-23-29(24-26-32)41-37-28-39-36(27-35(37)34-20-12-14-22-40(34)46-41)33-19-11-13-21-38(33)44(39,30-15-7-5-8-16-30)31-17-9-6-10-18-31;1-2-18-14-6-4-3-5-13(14)17-15(18)11-7-9-12(16)10-8-11/h3-34H,2H2,1H3;5-28H,1-4H3;3-10H,2H2,1H3. The maximum Gasteiger partial charge on any atom is 0.494 e. The van der Waals surface area contributed by atoms with Gasteiger partial charge in [-0.25, -0.2) is 19.9 Å². The first-order valence-corrected chi connectivity index (χ1v) is 43.1. The van der Waals surface area contributed by atoms with Crippen LogP contribution in [0.4, 0.5) is 0 Å². The van der Waals surface area contributed by atoms with Gasteiger partial charge in [-0.05, 0) is 208 Å². The zero-order valence-corrected chi connectivity index (χ0v) is 70.4. The van der Waals surface area contributed by atoms with Crippen LogP contribution in [-0.2, 0) is 33.2 Å². The van der Waals surface area contributed by atoms with Crippen molar-refractivity contribution in [2.75, 3.05) is 0 Å². The summed E-state index contributed by atoms with van der Waals surface area (Å²) in [6, 6.07) is 140. The highest BCUT2D eigenvalue weighted by Gasteiger charge is 2.52. The molecule has 0 atom stereocenters. The number of aromatic nitrogens is 6. The van der Waals surface area contributed by atoms with E-state index in [4.69, 9.17) is 29.2 Å². The average Bonchev–Trinajstić information content (AvgIpc) is 1.59. The molecule has 4 aromatic heterocycles. The largest absolute Gasteiger partial charge is 0.494 e. The highest BCUT2D eigenvalue weighted by molar-refractivity contribution is 9.10. The topological polar surface area (TPSA) is 79.9 Å². The number of hydrogen-bond donors (Lipinski definition) is 0. The highest BCUT2D eigenvalue weighted by Crippen LogP contribution is 2.60. The molecule has 1 saturated heterocycles. The lowest BCUT2D eigenvalue weighted by Crippen LogP contribution is -2.41. The molecular formula is C112H86BBrN6O2. The highest BCUT2D eigenvalue weighted by atomic mass is 79.9. The van der Waals surface area contributed by atoms with Crippen molar-refractivity contribution in [2.45, 2.75) is 76.7 Å². The first kappa shape index (κ1) is 75.7. The van der Waals surface area contributed by atoms with Gasteiger partial charge in [0, 0.05) is 61.4 Å². The number of aryl methyl sites for hydroxylation is 2. The minimum absolute atomic E-state index is 0.394. The molecule has 23 rings (SSSR count). The Balaban J connectivity index is 0.000000126. The first-order chi connectivity index (χ1) is 59.8. The van der Waals surface area contributed by atoms with Crippen LogP contribution in [0.25, 0.3) is 144 Å². The molecule has 0 radical (unpaired) electrons. The summed E-state index contributed by atoms with van der Waals surface area (Å²) >= 11 is 3.46. The number of pyridine rings is 2. The number of halogens is 1. The maximum absolute atomic E-state index is 6.37. The van der Waals surface area contributed by atoms with E-state index in [0.717, 1.165) is 117 Å². The van der Waals surface area contributed by atoms with Gasteiger partial charge in [0.05, 0.1) is 66.5 Å². The van der Waals surface area contributed by atoms with E-state index in [1.165, 1.54) is 94.1 Å². The molecule has 0 saturated carbocycles. The number of rotatable bonds is 12. The second-order valence-corrected chi connectivity index (χ2v) is 34.0. The van der Waals surface area contributed by atoms with Crippen LogP contribution in [0.15, 0.2) is 393 Å². The zero-order chi connectivity index (χ0) is 82.4. The lowest BCUT2D eigenvalue weighted by atomic mass is 9.67. The molecule has 0 unspecified atom stereocenters. The average molecular weight is 1640 g/mol. The Morgan fingerprint density at radius 1 is 0.279 bits per heavy atom. The fourth-order valence-electron chi connectivity index (χ4n) is 19.5. The number of hydrogen-bond acceptors (Lipinski definition) is 6. The molecule has 1 aliphatic heterocycles. The van der Waals surface area contributed by atoms with Crippen molar-refractivity contribution in [3.05, 3.63) is 437 Å². The van der Waals surface area contributed by atoms with Gasteiger partial charge in [-0.15, -0.1) is 0 Å². The Labute approximate surface area is 719 Å². The fraction of sp³-hybridized carbons (Fsp3) is 0.107. The minimum Gasteiger partial charge on any atom is -0.399 e. The molecule has 586 valence electrons. The molecule has 0 spiro atoms. The molecule has 2 aliphatic carbocycles. The predicted octanol–water partition coefficient (Wildman–Crippen LogP) is 27.3. The van der Waals surface area contributed by atoms with E-state index in [1.54, 1.807) is 0 Å². The lowest BCUT2D eigenvalue weighted by Gasteiger charge is -2.34. The van der Waals surface area contributed by atoms with Crippen LogP contribution in [0.5, 0.6) is 0 Å². The SMILES string of the molecule is CC1(C)OB(c2ccc(-c3nc4ccccc4c4cc5c(cc34)C(c3ccccc3)(c3ccccc3)c3ccccc3-5)cc2)OC1(C)C.CCn1c(-c2ccc(-c3ccc(-c4nc5ccccc5c5cc6c(cc45)C(c4ccccc4)(c4ccccc4)c4ccccc4-6)cc3)cc2)nc2ccccc21.CCn1c(-c2ccc(Br)cc2)nc2ccccc21. The van der Waals surface area contributed by atoms with E-state index in [1.807, 2.05) is 6.07 Å². The van der Waals surface area contributed by atoms with Gasteiger partial charge in [-0.1, -0.05) is 331 Å². The molecule has 10 heteroatoms. The summed E-state index contributed by atoms with van der Waals surface area (Å²) in [5.41, 5.74) is 29.7. The van der Waals surface area contributed by atoms with Crippen molar-refractivity contribution in [3.63, 3.8) is 0 Å². The lowest BCUT2D eigenvalue weighted by molar-refractivity contribution is 0.00578. The smallest absolute Gasteiger partial charge is 0.399 e. The molecule has 0 N–H and O–H groups in total. The summed E-state index contributed by atoms with van der Waals surface area (Å²) in [6.45, 7) is 14.5. The molecule has 3 aliphatic rings. The van der Waals surface area contributed by atoms with Gasteiger partial charge in [0.15, 0.2) is 0 Å². The van der Waals surface area contributed by atoms with Crippen LogP contribution < -0.4 is 5.46 Å². The van der Waals surface area contributed by atoms with Crippen molar-refractivity contribution in [3.8, 4) is 78.7 Å². The Morgan fingerprint density at radius 2 is 0.598 bits per heavy atom. The van der Waals surface area contributed by atoms with E-state index in [9.17, 15) is 0 Å². The summed E-state index contributed by atoms with van der Waals surface area (Å²) < 4.78 is 18.4. The van der Waals surface area contributed by atoms with Crippen molar-refractivity contribution >= 4 is 93.9 Å². The fourth-order valence-corrected chi connectivity index (χ4v) is 19.7. The van der Waals surface area contributed by atoms with Crippen LogP contribution in [0.1, 0.15) is 86.1 Å². The Morgan fingerprint density at radius 3 is 0.992 bits per heavy atom. The van der Waals surface area contributed by atoms with Crippen LogP contribution in [0, 0.1) is 0 Å². The number of para-hydroxylation sites is 6. The van der Waals surface area contributed by atoms with Crippen molar-refractivity contribution in [2.24, 2.45) is 0 Å². The van der Waals surface area contributed by atoms with E-state index < -0.39 is 29.2 Å². The molecule has 20 aromatic rings. The van der Waals surface area contributed by atoms with Gasteiger partial charge >= 0.3 is 7.12 Å². The van der Waals surface area contributed by atoms with E-state index in [0.29, 0.717) is 0 Å². The van der Waals surface area contributed by atoms with Gasteiger partial charge in [0.2, 0.25) is 0 Å². The second-order valence-electron chi connectivity index (χ2n) is 33.1. The first-order valence-electron chi connectivity index (χ1n) is 42.3. The van der Waals surface area contributed by atoms with Crippen molar-refractivity contribution < 1.29 is 9.31 Å². The van der Waals surface area contributed by atoms with Crippen LogP contribution in [-0.4, -0.2) is 47.4 Å². The zero-order valence-electron chi connectivity index (χ0n) is 68.8. The van der Waals surface area contributed by atoms with Gasteiger partial charge in [0.1, 0.15) is 11.6 Å². The quantitative estimate of drug-likeness (QED) is 0.0896. The van der Waals surface area contributed by atoms with E-state index >= 15 is 0 Å². The minimum atomic E-state index is -0.484. The summed E-state index contributed by atoms with van der Waals surface area (Å²) in [5, 5.41) is 7.03. The Kier molecular flexibility index (Phi) is 18.9. The third-order valence-electron chi connectivity index (χ3n) is 25.9. The molecule has 0 amide bonds. The van der Waals surface area contributed by atoms with Gasteiger partial charge < -0.3 is 18.4 Å². The van der Waals surface area contributed by atoms with Gasteiger partial charge in [-0.2, -0.15) is 0 Å². The van der Waals surface area contributed by atoms with Gasteiger partial charge in [0.25, 0.3) is 0 Å². The molecule has 8 nitrogen and oxygen atoms in total. The maximum atomic E-state index is 6.37. The molecule has 5 heterocycles. The number of nitrogens with zero attached hydrogens (tertiary/aromatic N) is 6. The summed E-state index contributed by atoms with van der Waals surface area (Å²) in [4.78, 5) is 20.5. The van der Waals surface area contributed by atoms with Crippen molar-refractivity contribution in [1.82, 2.24) is 29.1 Å². The molecule has 16 aromatic carbocycles. The van der Waals surface area contributed by atoms with E-state index in [-0.39, 0.29) is 0 Å². The number of benzene rings is 16. The summed E-state index contributed by atoms with van der Waals surface area (Å²) in [6.07, 6.45) is 0.